The van der Waals surface area contributed by atoms with E-state index >= 15 is 0 Å². The normalized spacial score (nSPS) is 9.57. The number of rotatable bonds is 3. The topological polar surface area (TPSA) is 38.3 Å². The quantitative estimate of drug-likeness (QED) is 0.835. The van der Waals surface area contributed by atoms with Crippen LogP contribution in [0.1, 0.15) is 6.92 Å². The van der Waals surface area contributed by atoms with Crippen LogP contribution in [0.15, 0.2) is 24.3 Å². The molecular formula is C10H13NO2S. The van der Waals surface area contributed by atoms with Gasteiger partial charge in [-0.25, -0.2) is 0 Å². The molecule has 0 unspecified atom stereocenters. The molecule has 1 amide bonds. The lowest BCUT2D eigenvalue weighted by Crippen LogP contribution is -2.03. The summed E-state index contributed by atoms with van der Waals surface area (Å²) in [4.78, 5) is 11.0. The Labute approximate surface area is 87.8 Å². The van der Waals surface area contributed by atoms with Crippen molar-refractivity contribution in [1.82, 2.24) is 0 Å². The van der Waals surface area contributed by atoms with E-state index in [1.165, 1.54) is 0 Å². The van der Waals surface area contributed by atoms with E-state index in [9.17, 15) is 4.79 Å². The molecule has 1 rings (SSSR count). The van der Waals surface area contributed by atoms with Crippen molar-refractivity contribution in [3.05, 3.63) is 24.3 Å². The number of amides is 1. The van der Waals surface area contributed by atoms with Gasteiger partial charge in [0.2, 0.25) is 0 Å². The van der Waals surface area contributed by atoms with Gasteiger partial charge in [-0.2, -0.15) is 0 Å². The van der Waals surface area contributed by atoms with Gasteiger partial charge in [-0.05, 0) is 37.4 Å². The number of anilines is 1. The molecule has 0 saturated carbocycles. The summed E-state index contributed by atoms with van der Waals surface area (Å²) in [7, 11) is 0. The van der Waals surface area contributed by atoms with E-state index < -0.39 is 0 Å². The fourth-order valence-corrected chi connectivity index (χ4v) is 1.19. The highest BCUT2D eigenvalue weighted by atomic mass is 32.2. The molecule has 4 heteroatoms. The van der Waals surface area contributed by atoms with Gasteiger partial charge in [-0.3, -0.25) is 4.79 Å². The van der Waals surface area contributed by atoms with Crippen LogP contribution in [0, 0.1) is 0 Å². The number of hydrogen-bond acceptors (Lipinski definition) is 3. The zero-order valence-electron chi connectivity index (χ0n) is 8.24. The van der Waals surface area contributed by atoms with Gasteiger partial charge in [-0.15, -0.1) is 0 Å². The summed E-state index contributed by atoms with van der Waals surface area (Å²) >= 11 is 1.15. The van der Waals surface area contributed by atoms with Gasteiger partial charge in [0, 0.05) is 5.69 Å². The number of carbonyl (C=O) groups is 1. The van der Waals surface area contributed by atoms with Gasteiger partial charge in [0.1, 0.15) is 5.75 Å². The summed E-state index contributed by atoms with van der Waals surface area (Å²) in [5.74, 6) is 0.814. The molecule has 0 aliphatic heterocycles. The van der Waals surface area contributed by atoms with E-state index in [1.807, 2.05) is 31.2 Å². The minimum atomic E-state index is -0.0610. The molecule has 1 aromatic rings. The number of carbonyl (C=O) groups excluding carboxylic acids is 1. The molecule has 0 heterocycles. The molecule has 0 radical (unpaired) electrons. The third-order valence-corrected chi connectivity index (χ3v) is 2.07. The predicted octanol–water partition coefficient (Wildman–Crippen LogP) is 2.98. The van der Waals surface area contributed by atoms with Crippen LogP contribution in [0.5, 0.6) is 5.75 Å². The summed E-state index contributed by atoms with van der Waals surface area (Å²) in [5.41, 5.74) is 0.785. The van der Waals surface area contributed by atoms with E-state index in [2.05, 4.69) is 5.32 Å². The van der Waals surface area contributed by atoms with Gasteiger partial charge in [0.05, 0.1) is 6.61 Å². The van der Waals surface area contributed by atoms with E-state index in [1.54, 1.807) is 6.26 Å². The van der Waals surface area contributed by atoms with Crippen LogP contribution in [0.2, 0.25) is 0 Å². The molecule has 3 nitrogen and oxygen atoms in total. The van der Waals surface area contributed by atoms with Crippen LogP contribution in [-0.4, -0.2) is 18.1 Å². The van der Waals surface area contributed by atoms with Crippen LogP contribution >= 0.6 is 11.8 Å². The molecule has 0 bridgehead atoms. The summed E-state index contributed by atoms with van der Waals surface area (Å²) in [6.07, 6.45) is 1.74. The van der Waals surface area contributed by atoms with E-state index in [0.29, 0.717) is 6.61 Å². The Balaban J connectivity index is 2.59. The van der Waals surface area contributed by atoms with Crippen LogP contribution < -0.4 is 10.1 Å². The molecule has 0 aliphatic carbocycles. The molecule has 0 saturated heterocycles. The average molecular weight is 211 g/mol. The Hall–Kier alpha value is -1.16. The van der Waals surface area contributed by atoms with Crippen molar-refractivity contribution in [3.8, 4) is 5.75 Å². The largest absolute Gasteiger partial charge is 0.494 e. The minimum absolute atomic E-state index is 0.0610. The highest BCUT2D eigenvalue weighted by Crippen LogP contribution is 2.16. The maximum atomic E-state index is 11.0. The molecule has 1 aromatic carbocycles. The lowest BCUT2D eigenvalue weighted by Gasteiger charge is -2.05. The smallest absolute Gasteiger partial charge is 0.283 e. The van der Waals surface area contributed by atoms with E-state index in [4.69, 9.17) is 4.74 Å². The average Bonchev–Trinajstić information content (AvgIpc) is 2.21. The molecule has 0 fully saturated rings. The number of thioether (sulfide) groups is 1. The summed E-state index contributed by atoms with van der Waals surface area (Å²) in [6, 6.07) is 7.30. The first-order valence-corrected chi connectivity index (χ1v) is 5.56. The van der Waals surface area contributed by atoms with Gasteiger partial charge >= 0.3 is 0 Å². The predicted molar refractivity (Wildman–Crippen MR) is 60.1 cm³/mol. The van der Waals surface area contributed by atoms with Crippen molar-refractivity contribution < 1.29 is 9.53 Å². The van der Waals surface area contributed by atoms with Crippen molar-refractivity contribution in [1.29, 1.82) is 0 Å². The number of benzene rings is 1. The van der Waals surface area contributed by atoms with Crippen molar-refractivity contribution in [3.63, 3.8) is 0 Å². The standard InChI is InChI=1S/C10H13NO2S/c1-3-13-9-6-4-8(5-7-9)11-10(12)14-2/h4-7H,3H2,1-2H3,(H,11,12). The Morgan fingerprint density at radius 2 is 2.07 bits per heavy atom. The number of hydrogen-bond donors (Lipinski definition) is 1. The zero-order chi connectivity index (χ0) is 10.4. The van der Waals surface area contributed by atoms with Crippen LogP contribution in [0.3, 0.4) is 0 Å². The molecule has 0 aliphatic rings. The Morgan fingerprint density at radius 3 is 2.57 bits per heavy atom. The van der Waals surface area contributed by atoms with Crippen LogP contribution in [0.25, 0.3) is 0 Å². The second-order valence-electron chi connectivity index (χ2n) is 2.57. The van der Waals surface area contributed by atoms with Crippen molar-refractivity contribution in [2.75, 3.05) is 18.2 Å². The van der Waals surface area contributed by atoms with E-state index in [-0.39, 0.29) is 5.24 Å². The molecule has 76 valence electrons. The summed E-state index contributed by atoms with van der Waals surface area (Å²) in [5, 5.41) is 2.67. The van der Waals surface area contributed by atoms with Gasteiger partial charge in [-0.1, -0.05) is 11.8 Å². The van der Waals surface area contributed by atoms with E-state index in [0.717, 1.165) is 23.2 Å². The Kier molecular flexibility index (Phi) is 4.32. The number of nitrogens with one attached hydrogen (secondary N) is 1. The maximum absolute atomic E-state index is 11.0. The fourth-order valence-electron chi connectivity index (χ4n) is 0.970. The second kappa shape index (κ2) is 5.54. The first-order valence-electron chi connectivity index (χ1n) is 4.34. The third-order valence-electron chi connectivity index (χ3n) is 1.60. The summed E-state index contributed by atoms with van der Waals surface area (Å²) < 4.78 is 5.27. The van der Waals surface area contributed by atoms with Gasteiger partial charge in [0.25, 0.3) is 5.24 Å². The first kappa shape index (κ1) is 10.9. The lowest BCUT2D eigenvalue weighted by molar-refractivity contribution is 0.270. The van der Waals surface area contributed by atoms with Crippen LogP contribution in [0.4, 0.5) is 10.5 Å². The molecule has 0 atom stereocenters. The number of ether oxygens (including phenoxy) is 1. The lowest BCUT2D eigenvalue weighted by atomic mass is 10.3. The highest BCUT2D eigenvalue weighted by Gasteiger charge is 1.99. The molecule has 0 aromatic heterocycles. The molecule has 1 N–H and O–H groups in total. The van der Waals surface area contributed by atoms with Crippen molar-refractivity contribution >= 4 is 22.7 Å². The van der Waals surface area contributed by atoms with Gasteiger partial charge in [0.15, 0.2) is 0 Å². The molecule has 0 spiro atoms. The second-order valence-corrected chi connectivity index (χ2v) is 3.35. The fraction of sp³-hybridized carbons (Fsp3) is 0.300. The van der Waals surface area contributed by atoms with Gasteiger partial charge < -0.3 is 10.1 Å². The van der Waals surface area contributed by atoms with Crippen molar-refractivity contribution in [2.45, 2.75) is 6.92 Å². The molecular weight excluding hydrogens is 198 g/mol. The SMILES string of the molecule is CCOc1ccc(NC(=O)SC)cc1. The molecule has 14 heavy (non-hydrogen) atoms. The maximum Gasteiger partial charge on any atom is 0.283 e. The third kappa shape index (κ3) is 3.30. The first-order chi connectivity index (χ1) is 6.76. The van der Waals surface area contributed by atoms with Crippen molar-refractivity contribution in [2.24, 2.45) is 0 Å². The Bertz CT molecular complexity index is 297. The highest BCUT2D eigenvalue weighted by molar-refractivity contribution is 8.13. The Morgan fingerprint density at radius 1 is 1.43 bits per heavy atom. The monoisotopic (exact) mass is 211 g/mol. The summed E-state index contributed by atoms with van der Waals surface area (Å²) in [6.45, 7) is 2.58. The minimum Gasteiger partial charge on any atom is -0.494 e. The zero-order valence-corrected chi connectivity index (χ0v) is 9.06. The van der Waals surface area contributed by atoms with Crippen LogP contribution in [-0.2, 0) is 0 Å².